The molecule has 0 radical (unpaired) electrons. The van der Waals surface area contributed by atoms with Crippen LogP contribution in [0.1, 0.15) is 104 Å². The van der Waals surface area contributed by atoms with E-state index in [9.17, 15) is 9.90 Å². The Morgan fingerprint density at radius 3 is 2.69 bits per heavy atom. The number of carbonyl (C=O) groups is 1. The van der Waals surface area contributed by atoms with E-state index in [1.807, 2.05) is 10.9 Å². The van der Waals surface area contributed by atoms with Crippen molar-refractivity contribution in [2.45, 2.75) is 117 Å². The zero-order valence-electron chi connectivity index (χ0n) is 22.2. The molecule has 0 bridgehead atoms. The normalized spacial score (nSPS) is 41.6. The van der Waals surface area contributed by atoms with Crippen LogP contribution in [0.15, 0.2) is 6.20 Å². The first-order chi connectivity index (χ1) is 16.7. The van der Waals surface area contributed by atoms with Crippen molar-refractivity contribution < 1.29 is 15.0 Å². The molecule has 5 rings (SSSR count). The fourth-order valence-electron chi connectivity index (χ4n) is 9.78. The van der Waals surface area contributed by atoms with E-state index >= 15 is 0 Å². The average molecular weight is 486 g/mol. The third-order valence-electron chi connectivity index (χ3n) is 11.6. The van der Waals surface area contributed by atoms with Crippen LogP contribution in [0.2, 0.25) is 0 Å². The van der Waals surface area contributed by atoms with Gasteiger partial charge in [-0.3, -0.25) is 9.48 Å². The summed E-state index contributed by atoms with van der Waals surface area (Å²) in [6, 6.07) is 0. The number of aliphatic hydroxyl groups excluding tert-OH is 1. The van der Waals surface area contributed by atoms with Crippen molar-refractivity contribution in [3.05, 3.63) is 11.9 Å². The number of carboxylic acid groups (broad SMARTS) is 1. The molecule has 6 nitrogen and oxygen atoms in total. The van der Waals surface area contributed by atoms with Crippen LogP contribution >= 0.6 is 0 Å². The monoisotopic (exact) mass is 485 g/mol. The molecule has 0 spiro atoms. The van der Waals surface area contributed by atoms with Crippen LogP contribution in [-0.2, 0) is 17.8 Å². The molecule has 4 aliphatic carbocycles. The Morgan fingerprint density at radius 1 is 1.11 bits per heavy atom. The first kappa shape index (κ1) is 25.2. The molecule has 1 aromatic rings. The highest BCUT2D eigenvalue weighted by Crippen LogP contribution is 2.68. The van der Waals surface area contributed by atoms with Crippen molar-refractivity contribution >= 4 is 5.97 Å². The number of aromatic nitrogens is 3. The molecule has 1 heterocycles. The van der Waals surface area contributed by atoms with Crippen molar-refractivity contribution in [3.8, 4) is 0 Å². The van der Waals surface area contributed by atoms with E-state index in [-0.39, 0.29) is 12.5 Å². The van der Waals surface area contributed by atoms with Crippen LogP contribution in [0.4, 0.5) is 0 Å². The average Bonchev–Trinajstić information content (AvgIpc) is 3.42. The molecule has 6 heteroatoms. The molecule has 4 saturated carbocycles. The van der Waals surface area contributed by atoms with Gasteiger partial charge in [-0.1, -0.05) is 26.0 Å². The fourth-order valence-corrected chi connectivity index (χ4v) is 9.78. The van der Waals surface area contributed by atoms with Gasteiger partial charge in [0.25, 0.3) is 0 Å². The van der Waals surface area contributed by atoms with E-state index in [4.69, 9.17) is 5.11 Å². The lowest BCUT2D eigenvalue weighted by atomic mass is 9.44. The molecule has 2 N–H and O–H groups in total. The number of aliphatic carboxylic acids is 1. The van der Waals surface area contributed by atoms with E-state index in [1.165, 1.54) is 51.4 Å². The number of aryl methyl sites for hydroxylation is 2. The van der Waals surface area contributed by atoms with Gasteiger partial charge in [-0.25, -0.2) is 0 Å². The number of aliphatic hydroxyl groups is 1. The summed E-state index contributed by atoms with van der Waals surface area (Å²) < 4.78 is 1.90. The minimum Gasteiger partial charge on any atom is -0.481 e. The molecule has 196 valence electrons. The number of hydrogen-bond acceptors (Lipinski definition) is 4. The summed E-state index contributed by atoms with van der Waals surface area (Å²) in [4.78, 5) is 10.8. The van der Waals surface area contributed by atoms with Gasteiger partial charge in [0.2, 0.25) is 0 Å². The summed E-state index contributed by atoms with van der Waals surface area (Å²) >= 11 is 0. The van der Waals surface area contributed by atoms with Crippen LogP contribution in [-0.4, -0.2) is 37.3 Å². The Balaban J connectivity index is 1.17. The van der Waals surface area contributed by atoms with E-state index in [0.29, 0.717) is 17.3 Å². The maximum atomic E-state index is 10.8. The van der Waals surface area contributed by atoms with Gasteiger partial charge in [0, 0.05) is 19.2 Å². The third-order valence-corrected chi connectivity index (χ3v) is 11.6. The van der Waals surface area contributed by atoms with Gasteiger partial charge in [0.05, 0.1) is 18.2 Å². The minimum atomic E-state index is -0.787. The number of nitrogens with zero attached hydrogens (tertiary/aromatic N) is 3. The second-order valence-electron chi connectivity index (χ2n) is 13.3. The highest BCUT2D eigenvalue weighted by molar-refractivity contribution is 5.66. The number of carboxylic acids is 1. The SMILES string of the molecule is CC(CCCn1cc(CCC(=O)O)nn1)C1CC[C@H]2C3CC[C@@H]4C[C@H](O)CC[C@]4(C)[C@@H]3CC[C@]12C. The highest BCUT2D eigenvalue weighted by Gasteiger charge is 2.60. The van der Waals surface area contributed by atoms with E-state index in [2.05, 4.69) is 31.1 Å². The van der Waals surface area contributed by atoms with Crippen molar-refractivity contribution in [2.24, 2.45) is 46.3 Å². The first-order valence-electron chi connectivity index (χ1n) is 14.5. The molecule has 4 aliphatic rings. The zero-order chi connectivity index (χ0) is 24.8. The van der Waals surface area contributed by atoms with Crippen molar-refractivity contribution in [1.29, 1.82) is 0 Å². The summed E-state index contributed by atoms with van der Waals surface area (Å²) in [5, 5.41) is 27.5. The van der Waals surface area contributed by atoms with Crippen LogP contribution < -0.4 is 0 Å². The standard InChI is InChI=1S/C29H47N3O3/c1-19(5-4-16-32-18-21(30-31-32)7-11-27(34)35)24-9-10-25-23-8-6-20-17-22(33)12-14-28(20,2)26(23)13-15-29(24,25)3/h18-20,22-26,33H,4-17H2,1-3H3,(H,34,35)/t19?,20-,22-,23?,24?,25+,26-,28+,29-/m1/s1. The summed E-state index contributed by atoms with van der Waals surface area (Å²) in [7, 11) is 0. The molecule has 0 amide bonds. The third kappa shape index (κ3) is 4.69. The van der Waals surface area contributed by atoms with Gasteiger partial charge < -0.3 is 10.2 Å². The Bertz CT molecular complexity index is 901. The molecule has 4 fully saturated rings. The van der Waals surface area contributed by atoms with Gasteiger partial charge in [0.15, 0.2) is 0 Å². The Morgan fingerprint density at radius 2 is 1.89 bits per heavy atom. The second-order valence-corrected chi connectivity index (χ2v) is 13.3. The lowest BCUT2D eigenvalue weighted by Crippen LogP contribution is -2.54. The zero-order valence-corrected chi connectivity index (χ0v) is 22.2. The highest BCUT2D eigenvalue weighted by atomic mass is 16.4. The number of fused-ring (bicyclic) bond motifs is 5. The van der Waals surface area contributed by atoms with Gasteiger partial charge in [-0.05, 0) is 117 Å². The summed E-state index contributed by atoms with van der Waals surface area (Å²) in [6.07, 6.45) is 16.4. The van der Waals surface area contributed by atoms with Crippen molar-refractivity contribution in [3.63, 3.8) is 0 Å². The molecular formula is C29H47N3O3. The molecule has 0 saturated heterocycles. The van der Waals surface area contributed by atoms with Gasteiger partial charge >= 0.3 is 5.97 Å². The Kier molecular flexibility index (Phi) is 7.06. The maximum absolute atomic E-state index is 10.8. The quantitative estimate of drug-likeness (QED) is 0.491. The van der Waals surface area contributed by atoms with E-state index < -0.39 is 5.97 Å². The van der Waals surface area contributed by atoms with Crippen LogP contribution in [0, 0.1) is 46.3 Å². The Hall–Kier alpha value is -1.43. The Labute approximate surface area is 211 Å². The second kappa shape index (κ2) is 9.79. The molecular weight excluding hydrogens is 438 g/mol. The van der Waals surface area contributed by atoms with E-state index in [1.54, 1.807) is 0 Å². The summed E-state index contributed by atoms with van der Waals surface area (Å²) in [5.74, 6) is 4.19. The van der Waals surface area contributed by atoms with Crippen LogP contribution in [0.5, 0.6) is 0 Å². The van der Waals surface area contributed by atoms with Gasteiger partial charge in [0.1, 0.15) is 0 Å². The van der Waals surface area contributed by atoms with Crippen LogP contribution in [0.3, 0.4) is 0 Å². The lowest BCUT2D eigenvalue weighted by Gasteiger charge is -2.61. The van der Waals surface area contributed by atoms with Crippen molar-refractivity contribution in [2.75, 3.05) is 0 Å². The van der Waals surface area contributed by atoms with Crippen molar-refractivity contribution in [1.82, 2.24) is 15.0 Å². The smallest absolute Gasteiger partial charge is 0.303 e. The molecule has 1 aromatic heterocycles. The molecule has 3 unspecified atom stereocenters. The molecule has 9 atom stereocenters. The number of rotatable bonds is 8. The van der Waals surface area contributed by atoms with Gasteiger partial charge in [-0.2, -0.15) is 0 Å². The predicted octanol–water partition coefficient (Wildman–Crippen LogP) is 5.73. The van der Waals surface area contributed by atoms with E-state index in [0.717, 1.165) is 67.0 Å². The van der Waals surface area contributed by atoms with Gasteiger partial charge in [-0.15, -0.1) is 5.10 Å². The molecule has 0 aromatic carbocycles. The topological polar surface area (TPSA) is 88.2 Å². The minimum absolute atomic E-state index is 0.0518. The largest absolute Gasteiger partial charge is 0.481 e. The fraction of sp³-hybridized carbons (Fsp3) is 0.897. The first-order valence-corrected chi connectivity index (χ1v) is 14.5. The van der Waals surface area contributed by atoms with Crippen LogP contribution in [0.25, 0.3) is 0 Å². The lowest BCUT2D eigenvalue weighted by molar-refractivity contribution is -0.136. The predicted molar refractivity (Wildman–Crippen MR) is 136 cm³/mol. The number of hydrogen-bond donors (Lipinski definition) is 2. The maximum Gasteiger partial charge on any atom is 0.303 e. The summed E-state index contributed by atoms with van der Waals surface area (Å²) in [5.41, 5.74) is 1.74. The molecule has 0 aliphatic heterocycles. The molecule has 35 heavy (non-hydrogen) atoms. The summed E-state index contributed by atoms with van der Waals surface area (Å²) in [6.45, 7) is 8.60.